The SMILES string of the molecule is CN(C)c1ccc(CN=C(N)Nc2ccc(OC(F)(F)F)cc2)cc1F.I. The molecule has 148 valence electrons. The highest BCUT2D eigenvalue weighted by Crippen LogP contribution is 2.24. The van der Waals surface area contributed by atoms with Crippen LogP contribution in [-0.2, 0) is 6.54 Å². The lowest BCUT2D eigenvalue weighted by atomic mass is 10.2. The first-order chi connectivity index (χ1) is 12.1. The van der Waals surface area contributed by atoms with Crippen LogP contribution in [0.5, 0.6) is 5.75 Å². The molecule has 0 heterocycles. The van der Waals surface area contributed by atoms with Crippen molar-refractivity contribution in [2.45, 2.75) is 12.9 Å². The van der Waals surface area contributed by atoms with Crippen molar-refractivity contribution in [2.75, 3.05) is 24.3 Å². The summed E-state index contributed by atoms with van der Waals surface area (Å²) in [4.78, 5) is 5.74. The number of aliphatic imine (C=N–C) groups is 1. The number of ether oxygens (including phenoxy) is 1. The monoisotopic (exact) mass is 498 g/mol. The first-order valence-electron chi connectivity index (χ1n) is 7.52. The van der Waals surface area contributed by atoms with Crippen LogP contribution in [0.15, 0.2) is 47.5 Å². The lowest BCUT2D eigenvalue weighted by molar-refractivity contribution is -0.274. The Morgan fingerprint density at radius 1 is 1.15 bits per heavy atom. The normalized spacial score (nSPS) is 11.6. The summed E-state index contributed by atoms with van der Waals surface area (Å²) in [6.45, 7) is 0.152. The molecule has 0 radical (unpaired) electrons. The molecule has 2 aromatic carbocycles. The fourth-order valence-corrected chi connectivity index (χ4v) is 2.12. The maximum atomic E-state index is 13.9. The number of rotatable bonds is 5. The number of nitrogens with one attached hydrogen (secondary N) is 1. The van der Waals surface area contributed by atoms with Crippen LogP contribution in [-0.4, -0.2) is 26.4 Å². The van der Waals surface area contributed by atoms with Gasteiger partial charge in [-0.15, -0.1) is 37.1 Å². The zero-order valence-electron chi connectivity index (χ0n) is 14.5. The van der Waals surface area contributed by atoms with Gasteiger partial charge >= 0.3 is 6.36 Å². The number of hydrogen-bond donors (Lipinski definition) is 2. The minimum absolute atomic E-state index is 0. The van der Waals surface area contributed by atoms with Crippen molar-refractivity contribution >= 4 is 41.3 Å². The number of alkyl halides is 3. The van der Waals surface area contributed by atoms with Gasteiger partial charge in [0, 0.05) is 19.8 Å². The molecule has 0 aliphatic carbocycles. The molecule has 10 heteroatoms. The van der Waals surface area contributed by atoms with Crippen LogP contribution in [0, 0.1) is 5.82 Å². The molecular formula is C17H19F4IN4O. The van der Waals surface area contributed by atoms with Crippen molar-refractivity contribution in [1.82, 2.24) is 0 Å². The Morgan fingerprint density at radius 3 is 2.30 bits per heavy atom. The summed E-state index contributed by atoms with van der Waals surface area (Å²) in [5.41, 5.74) is 7.27. The molecule has 2 aromatic rings. The first kappa shape index (κ1) is 22.8. The molecule has 0 atom stereocenters. The van der Waals surface area contributed by atoms with Gasteiger partial charge in [0.25, 0.3) is 0 Å². The summed E-state index contributed by atoms with van der Waals surface area (Å²) < 4.78 is 54.0. The minimum atomic E-state index is -4.74. The van der Waals surface area contributed by atoms with E-state index in [2.05, 4.69) is 15.0 Å². The standard InChI is InChI=1S/C17H18F4N4O.HI/c1-25(2)15-8-3-11(9-14(15)18)10-23-16(22)24-12-4-6-13(7-5-12)26-17(19,20)21;/h3-9H,10H2,1-2H3,(H3,22,23,24);1H. The molecule has 0 aliphatic rings. The van der Waals surface area contributed by atoms with Crippen molar-refractivity contribution in [3.63, 3.8) is 0 Å². The molecule has 0 saturated heterocycles. The number of nitrogens with zero attached hydrogens (tertiary/aromatic N) is 2. The molecule has 3 N–H and O–H groups in total. The molecule has 0 fully saturated rings. The Kier molecular flexibility index (Phi) is 8.13. The summed E-state index contributed by atoms with van der Waals surface area (Å²) >= 11 is 0. The van der Waals surface area contributed by atoms with E-state index in [-0.39, 0.29) is 48.0 Å². The second kappa shape index (κ2) is 9.62. The van der Waals surface area contributed by atoms with Gasteiger partial charge in [0.2, 0.25) is 0 Å². The maximum absolute atomic E-state index is 13.9. The highest BCUT2D eigenvalue weighted by molar-refractivity contribution is 14.0. The molecular weight excluding hydrogens is 479 g/mol. The van der Waals surface area contributed by atoms with Gasteiger partial charge in [-0.3, -0.25) is 0 Å². The van der Waals surface area contributed by atoms with E-state index in [4.69, 9.17) is 5.73 Å². The number of nitrogens with two attached hydrogens (primary N) is 1. The van der Waals surface area contributed by atoms with Crippen molar-refractivity contribution in [3.05, 3.63) is 53.8 Å². The second-order valence-corrected chi connectivity index (χ2v) is 5.58. The van der Waals surface area contributed by atoms with Crippen LogP contribution in [0.2, 0.25) is 0 Å². The van der Waals surface area contributed by atoms with E-state index < -0.39 is 6.36 Å². The molecule has 0 aromatic heterocycles. The Balaban J connectivity index is 0.00000364. The average Bonchev–Trinajstić information content (AvgIpc) is 2.53. The summed E-state index contributed by atoms with van der Waals surface area (Å²) in [7, 11) is 3.48. The van der Waals surface area contributed by atoms with E-state index in [1.54, 1.807) is 31.1 Å². The topological polar surface area (TPSA) is 62.9 Å². The Morgan fingerprint density at radius 2 is 1.78 bits per heavy atom. The number of guanidine groups is 1. The van der Waals surface area contributed by atoms with E-state index >= 15 is 0 Å². The molecule has 0 bridgehead atoms. The summed E-state index contributed by atoms with van der Waals surface area (Å²) in [6.07, 6.45) is -4.74. The number of hydrogen-bond acceptors (Lipinski definition) is 3. The quantitative estimate of drug-likeness (QED) is 0.279. The van der Waals surface area contributed by atoms with Crippen molar-refractivity contribution < 1.29 is 22.3 Å². The van der Waals surface area contributed by atoms with Crippen LogP contribution in [0.4, 0.5) is 28.9 Å². The number of halogens is 5. The van der Waals surface area contributed by atoms with Gasteiger partial charge in [-0.2, -0.15) is 0 Å². The zero-order chi connectivity index (χ0) is 19.3. The smallest absolute Gasteiger partial charge is 0.406 e. The van der Waals surface area contributed by atoms with Gasteiger partial charge in [0.15, 0.2) is 5.96 Å². The molecule has 0 aliphatic heterocycles. The van der Waals surface area contributed by atoms with Crippen molar-refractivity contribution in [2.24, 2.45) is 10.7 Å². The summed E-state index contributed by atoms with van der Waals surface area (Å²) in [5, 5.41) is 2.74. The third kappa shape index (κ3) is 7.49. The Labute approximate surface area is 171 Å². The molecule has 0 spiro atoms. The van der Waals surface area contributed by atoms with Crippen LogP contribution < -0.4 is 20.7 Å². The van der Waals surface area contributed by atoms with E-state index in [9.17, 15) is 17.6 Å². The fourth-order valence-electron chi connectivity index (χ4n) is 2.12. The highest BCUT2D eigenvalue weighted by Gasteiger charge is 2.30. The predicted octanol–water partition coefficient (Wildman–Crippen LogP) is 4.34. The third-order valence-electron chi connectivity index (χ3n) is 3.29. The van der Waals surface area contributed by atoms with E-state index in [1.165, 1.54) is 18.2 Å². The van der Waals surface area contributed by atoms with Gasteiger partial charge in [0.1, 0.15) is 11.6 Å². The van der Waals surface area contributed by atoms with Gasteiger partial charge < -0.3 is 20.7 Å². The number of anilines is 2. The molecule has 5 nitrogen and oxygen atoms in total. The van der Waals surface area contributed by atoms with Crippen LogP contribution in [0.25, 0.3) is 0 Å². The van der Waals surface area contributed by atoms with Crippen LogP contribution >= 0.6 is 24.0 Å². The van der Waals surface area contributed by atoms with Gasteiger partial charge in [-0.05, 0) is 42.0 Å². The van der Waals surface area contributed by atoms with Gasteiger partial charge in [-0.25, -0.2) is 9.38 Å². The minimum Gasteiger partial charge on any atom is -0.406 e. The van der Waals surface area contributed by atoms with E-state index in [0.717, 1.165) is 12.1 Å². The molecule has 0 amide bonds. The zero-order valence-corrected chi connectivity index (χ0v) is 16.9. The lowest BCUT2D eigenvalue weighted by Gasteiger charge is -2.13. The van der Waals surface area contributed by atoms with Gasteiger partial charge in [0.05, 0.1) is 12.2 Å². The summed E-state index contributed by atoms with van der Waals surface area (Å²) in [5.74, 6) is -0.656. The summed E-state index contributed by atoms with van der Waals surface area (Å²) in [6, 6.07) is 9.79. The van der Waals surface area contributed by atoms with E-state index in [1.807, 2.05) is 0 Å². The molecule has 2 rings (SSSR count). The van der Waals surface area contributed by atoms with Crippen LogP contribution in [0.3, 0.4) is 0 Å². The largest absolute Gasteiger partial charge is 0.573 e. The van der Waals surface area contributed by atoms with E-state index in [0.29, 0.717) is 16.9 Å². The maximum Gasteiger partial charge on any atom is 0.573 e. The third-order valence-corrected chi connectivity index (χ3v) is 3.29. The van der Waals surface area contributed by atoms with Crippen LogP contribution in [0.1, 0.15) is 5.56 Å². The van der Waals surface area contributed by atoms with Crippen molar-refractivity contribution in [3.8, 4) is 5.75 Å². The second-order valence-electron chi connectivity index (χ2n) is 5.58. The molecule has 27 heavy (non-hydrogen) atoms. The highest BCUT2D eigenvalue weighted by atomic mass is 127. The number of benzene rings is 2. The average molecular weight is 498 g/mol. The Hall–Kier alpha value is -2.24. The Bertz CT molecular complexity index is 779. The lowest BCUT2D eigenvalue weighted by Crippen LogP contribution is -2.22. The fraction of sp³-hybridized carbons (Fsp3) is 0.235. The van der Waals surface area contributed by atoms with Crippen molar-refractivity contribution in [1.29, 1.82) is 0 Å². The predicted molar refractivity (Wildman–Crippen MR) is 108 cm³/mol. The molecule has 0 unspecified atom stereocenters. The van der Waals surface area contributed by atoms with Gasteiger partial charge in [-0.1, -0.05) is 6.07 Å². The first-order valence-corrected chi connectivity index (χ1v) is 7.52. The molecule has 0 saturated carbocycles.